The van der Waals surface area contributed by atoms with Crippen LogP contribution in [-0.4, -0.2) is 0 Å². The van der Waals surface area contributed by atoms with Gasteiger partial charge < -0.3 is 10.6 Å². The quantitative estimate of drug-likeness (QED) is 0.627. The molecule has 1 rings (SSSR count). The third-order valence-corrected chi connectivity index (χ3v) is 1.49. The number of hydrogen-bond donors (Lipinski definition) is 2. The van der Waals surface area contributed by atoms with E-state index >= 15 is 0 Å². The van der Waals surface area contributed by atoms with Crippen molar-refractivity contribution in [3.05, 3.63) is 36.4 Å². The Balaban J connectivity index is 2.64. The minimum atomic E-state index is 0.820. The molecule has 0 aromatic carbocycles. The highest BCUT2D eigenvalue weighted by atomic mass is 15.1. The van der Waals surface area contributed by atoms with Crippen molar-refractivity contribution >= 4 is 0 Å². The summed E-state index contributed by atoms with van der Waals surface area (Å²) >= 11 is 0. The lowest BCUT2D eigenvalue weighted by Gasteiger charge is -2.20. The van der Waals surface area contributed by atoms with E-state index in [9.17, 15) is 0 Å². The van der Waals surface area contributed by atoms with Gasteiger partial charge in [-0.25, -0.2) is 0 Å². The summed E-state index contributed by atoms with van der Waals surface area (Å²) in [6.07, 6.45) is 4.21. The van der Waals surface area contributed by atoms with E-state index in [1.165, 1.54) is 5.70 Å². The van der Waals surface area contributed by atoms with Crippen LogP contribution in [0.1, 0.15) is 19.8 Å². The van der Waals surface area contributed by atoms with Crippen LogP contribution in [-0.2, 0) is 0 Å². The van der Waals surface area contributed by atoms with Gasteiger partial charge in [-0.2, -0.15) is 0 Å². The highest BCUT2D eigenvalue weighted by molar-refractivity contribution is 5.28. The van der Waals surface area contributed by atoms with E-state index < -0.39 is 0 Å². The highest BCUT2D eigenvalue weighted by Gasteiger charge is 2.05. The summed E-state index contributed by atoms with van der Waals surface area (Å²) in [7, 11) is 0. The first-order chi connectivity index (χ1) is 5.22. The average molecular weight is 150 g/mol. The smallest absolute Gasteiger partial charge is 0.0999 e. The molecular weight excluding hydrogens is 136 g/mol. The molecule has 0 aromatic rings. The Bertz CT molecular complexity index is 214. The van der Waals surface area contributed by atoms with Crippen molar-refractivity contribution in [1.29, 1.82) is 0 Å². The monoisotopic (exact) mass is 150 g/mol. The van der Waals surface area contributed by atoms with Gasteiger partial charge in [-0.15, -0.1) is 0 Å². The third-order valence-electron chi connectivity index (χ3n) is 1.49. The first-order valence-corrected chi connectivity index (χ1v) is 3.85. The lowest BCUT2D eigenvalue weighted by molar-refractivity contribution is 0.744. The van der Waals surface area contributed by atoms with Crippen molar-refractivity contribution in [3.63, 3.8) is 0 Å². The maximum Gasteiger partial charge on any atom is 0.0999 e. The molecule has 0 atom stereocenters. The molecular formula is C9H14N2. The van der Waals surface area contributed by atoms with Crippen LogP contribution in [0.3, 0.4) is 0 Å². The number of nitrogens with one attached hydrogen (secondary N) is 2. The Hall–Kier alpha value is -1.18. The van der Waals surface area contributed by atoms with Gasteiger partial charge in [-0.05, 0) is 12.5 Å². The molecule has 0 saturated carbocycles. The zero-order valence-corrected chi connectivity index (χ0v) is 6.91. The summed E-state index contributed by atoms with van der Waals surface area (Å²) in [6, 6.07) is 0. The van der Waals surface area contributed by atoms with E-state index in [2.05, 4.69) is 30.7 Å². The van der Waals surface area contributed by atoms with Crippen LogP contribution in [0.2, 0.25) is 0 Å². The molecule has 0 fully saturated rings. The van der Waals surface area contributed by atoms with Crippen LogP contribution >= 0.6 is 0 Å². The summed E-state index contributed by atoms with van der Waals surface area (Å²) in [5, 5.41) is 6.13. The van der Waals surface area contributed by atoms with E-state index in [0.717, 1.165) is 24.4 Å². The first kappa shape index (κ1) is 7.92. The minimum absolute atomic E-state index is 0.820. The summed E-state index contributed by atoms with van der Waals surface area (Å²) < 4.78 is 0. The van der Waals surface area contributed by atoms with Gasteiger partial charge in [0.25, 0.3) is 0 Å². The Labute approximate surface area is 67.7 Å². The van der Waals surface area contributed by atoms with E-state index in [1.54, 1.807) is 0 Å². The molecule has 0 unspecified atom stereocenters. The van der Waals surface area contributed by atoms with Gasteiger partial charge in [-0.1, -0.05) is 26.5 Å². The molecule has 1 aliphatic heterocycles. The van der Waals surface area contributed by atoms with Crippen molar-refractivity contribution in [2.45, 2.75) is 19.8 Å². The number of allylic oxidation sites excluding steroid dienone is 2. The molecule has 11 heavy (non-hydrogen) atoms. The predicted octanol–water partition coefficient (Wildman–Crippen LogP) is 1.85. The van der Waals surface area contributed by atoms with E-state index in [4.69, 9.17) is 0 Å². The molecule has 0 saturated heterocycles. The molecule has 2 nitrogen and oxygen atoms in total. The van der Waals surface area contributed by atoms with Crippen LogP contribution < -0.4 is 10.6 Å². The third kappa shape index (κ3) is 2.15. The Morgan fingerprint density at radius 1 is 1.36 bits per heavy atom. The van der Waals surface area contributed by atoms with Gasteiger partial charge in [0.2, 0.25) is 0 Å². The summed E-state index contributed by atoms with van der Waals surface area (Å²) in [5.41, 5.74) is 2.11. The van der Waals surface area contributed by atoms with Crippen molar-refractivity contribution in [3.8, 4) is 0 Å². The van der Waals surface area contributed by atoms with Crippen molar-refractivity contribution in [2.24, 2.45) is 0 Å². The fourth-order valence-electron chi connectivity index (χ4n) is 1.11. The molecule has 60 valence electrons. The largest absolute Gasteiger partial charge is 0.346 e. The van der Waals surface area contributed by atoms with Crippen LogP contribution in [0.25, 0.3) is 0 Å². The summed E-state index contributed by atoms with van der Waals surface area (Å²) in [4.78, 5) is 0. The SMILES string of the molecule is C=C1C=C(CCC)NC(=C)N1. The maximum atomic E-state index is 3.81. The van der Waals surface area contributed by atoms with Gasteiger partial charge in [0.15, 0.2) is 0 Å². The fourth-order valence-corrected chi connectivity index (χ4v) is 1.11. The van der Waals surface area contributed by atoms with Crippen LogP contribution in [0.15, 0.2) is 36.4 Å². The van der Waals surface area contributed by atoms with Crippen molar-refractivity contribution in [2.75, 3.05) is 0 Å². The topological polar surface area (TPSA) is 24.1 Å². The fraction of sp³-hybridized carbons (Fsp3) is 0.333. The van der Waals surface area contributed by atoms with Gasteiger partial charge in [-0.3, -0.25) is 0 Å². The molecule has 0 bridgehead atoms. The highest BCUT2D eigenvalue weighted by Crippen LogP contribution is 2.09. The van der Waals surface area contributed by atoms with Gasteiger partial charge in [0, 0.05) is 11.4 Å². The number of hydrogen-bond acceptors (Lipinski definition) is 2. The second kappa shape index (κ2) is 3.28. The zero-order valence-electron chi connectivity index (χ0n) is 6.91. The van der Waals surface area contributed by atoms with E-state index in [-0.39, 0.29) is 0 Å². The summed E-state index contributed by atoms with van der Waals surface area (Å²) in [6.45, 7) is 9.73. The Kier molecular flexibility index (Phi) is 2.36. The standard InChI is InChI=1S/C9H14N2/c1-4-5-9-6-7(2)10-8(3)11-9/h6,10-11H,2-5H2,1H3. The lowest BCUT2D eigenvalue weighted by Crippen LogP contribution is -2.28. The first-order valence-electron chi connectivity index (χ1n) is 3.85. The molecule has 0 amide bonds. The summed E-state index contributed by atoms with van der Waals surface area (Å²) in [5.74, 6) is 0.820. The van der Waals surface area contributed by atoms with Crippen LogP contribution in [0.4, 0.5) is 0 Å². The van der Waals surface area contributed by atoms with Gasteiger partial charge >= 0.3 is 0 Å². The van der Waals surface area contributed by atoms with Gasteiger partial charge in [0.1, 0.15) is 0 Å². The molecule has 0 spiro atoms. The van der Waals surface area contributed by atoms with Crippen LogP contribution in [0, 0.1) is 0 Å². The second-order valence-electron chi connectivity index (χ2n) is 2.67. The van der Waals surface area contributed by atoms with E-state index in [0.29, 0.717) is 0 Å². The van der Waals surface area contributed by atoms with Crippen molar-refractivity contribution < 1.29 is 0 Å². The molecule has 0 aromatic heterocycles. The Morgan fingerprint density at radius 2 is 2.09 bits per heavy atom. The molecule has 2 heteroatoms. The van der Waals surface area contributed by atoms with Crippen molar-refractivity contribution in [1.82, 2.24) is 10.6 Å². The second-order valence-corrected chi connectivity index (χ2v) is 2.67. The van der Waals surface area contributed by atoms with Crippen LogP contribution in [0.5, 0.6) is 0 Å². The molecule has 1 heterocycles. The Morgan fingerprint density at radius 3 is 2.64 bits per heavy atom. The van der Waals surface area contributed by atoms with Gasteiger partial charge in [0.05, 0.1) is 5.82 Å². The normalized spacial score (nSPS) is 17.0. The molecule has 0 aliphatic carbocycles. The average Bonchev–Trinajstić information content (AvgIpc) is 1.85. The zero-order chi connectivity index (χ0) is 8.27. The minimum Gasteiger partial charge on any atom is -0.346 e. The number of rotatable bonds is 2. The predicted molar refractivity (Wildman–Crippen MR) is 47.5 cm³/mol. The molecule has 1 aliphatic rings. The van der Waals surface area contributed by atoms with E-state index in [1.807, 2.05) is 6.08 Å². The lowest BCUT2D eigenvalue weighted by atomic mass is 10.2. The molecule has 2 N–H and O–H groups in total. The maximum absolute atomic E-state index is 3.81. The molecule has 0 radical (unpaired) electrons.